The Kier molecular flexibility index (Phi) is 4.37. The van der Waals surface area contributed by atoms with Crippen LogP contribution in [0.4, 0.5) is 0 Å². The van der Waals surface area contributed by atoms with E-state index >= 15 is 0 Å². The van der Waals surface area contributed by atoms with Crippen molar-refractivity contribution in [3.8, 4) is 0 Å². The van der Waals surface area contributed by atoms with E-state index in [1.54, 1.807) is 11.8 Å². The van der Waals surface area contributed by atoms with E-state index in [1.807, 2.05) is 0 Å². The predicted octanol–water partition coefficient (Wildman–Crippen LogP) is 5.33. The topological polar surface area (TPSA) is 46.5 Å². The summed E-state index contributed by atoms with van der Waals surface area (Å²) < 4.78 is 2.11. The zero-order valence-electron chi connectivity index (χ0n) is 15.6. The van der Waals surface area contributed by atoms with E-state index in [4.69, 9.17) is 0 Å². The molecule has 0 saturated carbocycles. The van der Waals surface area contributed by atoms with Crippen LogP contribution in [0.5, 0.6) is 0 Å². The number of H-pyrrole nitrogens is 1. The molecular formula is C23H20N4S. The molecule has 0 fully saturated rings. The highest BCUT2D eigenvalue weighted by Crippen LogP contribution is 2.27. The van der Waals surface area contributed by atoms with Gasteiger partial charge in [-0.3, -0.25) is 0 Å². The van der Waals surface area contributed by atoms with Gasteiger partial charge >= 0.3 is 0 Å². The number of hydrogen-bond acceptors (Lipinski definition) is 3. The molecule has 0 radical (unpaired) electrons. The lowest BCUT2D eigenvalue weighted by Crippen LogP contribution is -2.01. The van der Waals surface area contributed by atoms with Crippen molar-refractivity contribution < 1.29 is 0 Å². The molecule has 2 heterocycles. The first kappa shape index (κ1) is 17.1. The summed E-state index contributed by atoms with van der Waals surface area (Å²) in [5, 5.41) is 13.7. The van der Waals surface area contributed by atoms with E-state index in [1.165, 1.54) is 32.8 Å². The SMILES string of the molecule is Cn1c(Cc2cccc3ccccc23)nnc1SCc1c[nH]c2ccccc12. The van der Waals surface area contributed by atoms with Crippen molar-refractivity contribution in [1.29, 1.82) is 0 Å². The Bertz CT molecular complexity index is 1260. The summed E-state index contributed by atoms with van der Waals surface area (Å²) in [6.07, 6.45) is 2.86. The van der Waals surface area contributed by atoms with E-state index in [9.17, 15) is 0 Å². The third-order valence-electron chi connectivity index (χ3n) is 5.19. The first-order valence-electron chi connectivity index (χ1n) is 9.32. The first-order valence-corrected chi connectivity index (χ1v) is 10.3. The molecule has 3 aromatic carbocycles. The number of fused-ring (bicyclic) bond motifs is 2. The Labute approximate surface area is 167 Å². The summed E-state index contributed by atoms with van der Waals surface area (Å²) >= 11 is 1.72. The maximum absolute atomic E-state index is 4.46. The molecule has 0 bridgehead atoms. The minimum atomic E-state index is 0.776. The molecule has 4 nitrogen and oxygen atoms in total. The number of benzene rings is 3. The molecule has 138 valence electrons. The molecule has 1 N–H and O–H groups in total. The Morgan fingerprint density at radius 3 is 2.57 bits per heavy atom. The molecule has 0 aliphatic heterocycles. The Balaban J connectivity index is 1.37. The summed E-state index contributed by atoms with van der Waals surface area (Å²) in [5.41, 5.74) is 3.74. The van der Waals surface area contributed by atoms with Gasteiger partial charge in [-0.1, -0.05) is 72.4 Å². The maximum Gasteiger partial charge on any atom is 0.191 e. The van der Waals surface area contributed by atoms with Crippen LogP contribution in [0.1, 0.15) is 17.0 Å². The minimum Gasteiger partial charge on any atom is -0.361 e. The highest BCUT2D eigenvalue weighted by molar-refractivity contribution is 7.98. The van der Waals surface area contributed by atoms with E-state index in [0.29, 0.717) is 0 Å². The van der Waals surface area contributed by atoms with Crippen LogP contribution in [-0.4, -0.2) is 19.7 Å². The van der Waals surface area contributed by atoms with Crippen LogP contribution in [-0.2, 0) is 19.2 Å². The first-order chi connectivity index (χ1) is 13.8. The molecule has 28 heavy (non-hydrogen) atoms. The maximum atomic E-state index is 4.46. The lowest BCUT2D eigenvalue weighted by molar-refractivity contribution is 0.750. The second kappa shape index (κ2) is 7.17. The molecular weight excluding hydrogens is 364 g/mol. The molecule has 0 atom stereocenters. The zero-order chi connectivity index (χ0) is 18.9. The van der Waals surface area contributed by atoms with Crippen LogP contribution in [0.15, 0.2) is 78.1 Å². The van der Waals surface area contributed by atoms with Gasteiger partial charge < -0.3 is 9.55 Å². The van der Waals surface area contributed by atoms with Crippen molar-refractivity contribution in [2.75, 3.05) is 0 Å². The Morgan fingerprint density at radius 1 is 0.857 bits per heavy atom. The fourth-order valence-corrected chi connectivity index (χ4v) is 4.56. The molecule has 0 unspecified atom stereocenters. The van der Waals surface area contributed by atoms with Crippen molar-refractivity contribution >= 4 is 33.4 Å². The van der Waals surface area contributed by atoms with Crippen LogP contribution < -0.4 is 0 Å². The summed E-state index contributed by atoms with van der Waals surface area (Å²) in [4.78, 5) is 3.34. The third kappa shape index (κ3) is 3.08. The third-order valence-corrected chi connectivity index (χ3v) is 6.25. The highest BCUT2D eigenvalue weighted by Gasteiger charge is 2.12. The second-order valence-electron chi connectivity index (χ2n) is 6.92. The average molecular weight is 385 g/mol. The van der Waals surface area contributed by atoms with Crippen LogP contribution in [0.3, 0.4) is 0 Å². The van der Waals surface area contributed by atoms with Gasteiger partial charge in [0.25, 0.3) is 0 Å². The lowest BCUT2D eigenvalue weighted by Gasteiger charge is -2.07. The standard InChI is InChI=1S/C23H20N4S/c1-27-22(13-17-9-6-8-16-7-2-3-10-19(16)17)25-26-23(27)28-15-18-14-24-21-12-5-4-11-20(18)21/h2-12,14,24H,13,15H2,1H3. The number of thioether (sulfide) groups is 1. The van der Waals surface area contributed by atoms with Crippen molar-refractivity contribution in [3.05, 3.63) is 89.9 Å². The largest absolute Gasteiger partial charge is 0.361 e. The van der Waals surface area contributed by atoms with Crippen molar-refractivity contribution in [1.82, 2.24) is 19.7 Å². The molecule has 0 saturated heterocycles. The average Bonchev–Trinajstić information content (AvgIpc) is 3.30. The smallest absolute Gasteiger partial charge is 0.191 e. The molecule has 0 spiro atoms. The van der Waals surface area contributed by atoms with Gasteiger partial charge in [0.1, 0.15) is 5.82 Å². The molecule has 0 aliphatic carbocycles. The van der Waals surface area contributed by atoms with Gasteiger partial charge in [-0.25, -0.2) is 0 Å². The number of hydrogen-bond donors (Lipinski definition) is 1. The van der Waals surface area contributed by atoms with Gasteiger partial charge in [-0.2, -0.15) is 0 Å². The fourth-order valence-electron chi connectivity index (χ4n) is 3.64. The molecule has 0 aliphatic rings. The number of aromatic nitrogens is 4. The second-order valence-corrected chi connectivity index (χ2v) is 7.86. The lowest BCUT2D eigenvalue weighted by atomic mass is 10.0. The summed E-state index contributed by atoms with van der Waals surface area (Å²) in [6, 6.07) is 23.3. The number of para-hydroxylation sites is 1. The van der Waals surface area contributed by atoms with Crippen LogP contribution in [0, 0.1) is 0 Å². The van der Waals surface area contributed by atoms with Crippen molar-refractivity contribution in [2.45, 2.75) is 17.3 Å². The van der Waals surface area contributed by atoms with E-state index in [-0.39, 0.29) is 0 Å². The zero-order valence-corrected chi connectivity index (χ0v) is 16.4. The quantitative estimate of drug-likeness (QED) is 0.417. The van der Waals surface area contributed by atoms with E-state index in [2.05, 4.69) is 99.7 Å². The van der Waals surface area contributed by atoms with E-state index < -0.39 is 0 Å². The number of rotatable bonds is 5. The summed E-state index contributed by atoms with van der Waals surface area (Å²) in [6.45, 7) is 0. The van der Waals surface area contributed by atoms with Gasteiger partial charge in [-0.15, -0.1) is 10.2 Å². The van der Waals surface area contributed by atoms with Crippen LogP contribution >= 0.6 is 11.8 Å². The Morgan fingerprint density at radius 2 is 1.64 bits per heavy atom. The molecule has 5 aromatic rings. The summed E-state index contributed by atoms with van der Waals surface area (Å²) in [7, 11) is 2.05. The fraction of sp³-hybridized carbons (Fsp3) is 0.130. The van der Waals surface area contributed by atoms with Gasteiger partial charge in [0.05, 0.1) is 0 Å². The Hall–Kier alpha value is -3.05. The molecule has 2 aromatic heterocycles. The van der Waals surface area contributed by atoms with Crippen LogP contribution in [0.2, 0.25) is 0 Å². The molecule has 5 rings (SSSR count). The monoisotopic (exact) mass is 384 g/mol. The van der Waals surface area contributed by atoms with Gasteiger partial charge in [0.2, 0.25) is 0 Å². The molecule has 5 heteroatoms. The van der Waals surface area contributed by atoms with Crippen molar-refractivity contribution in [3.63, 3.8) is 0 Å². The van der Waals surface area contributed by atoms with Crippen molar-refractivity contribution in [2.24, 2.45) is 7.05 Å². The minimum absolute atomic E-state index is 0.776. The highest BCUT2D eigenvalue weighted by atomic mass is 32.2. The normalized spacial score (nSPS) is 11.5. The number of nitrogens with one attached hydrogen (secondary N) is 1. The van der Waals surface area contributed by atoms with Gasteiger partial charge in [-0.05, 0) is 28.0 Å². The van der Waals surface area contributed by atoms with Gasteiger partial charge in [0, 0.05) is 36.3 Å². The predicted molar refractivity (Wildman–Crippen MR) is 116 cm³/mol. The van der Waals surface area contributed by atoms with E-state index in [0.717, 1.165) is 23.2 Å². The number of aromatic amines is 1. The molecule has 0 amide bonds. The summed E-state index contributed by atoms with van der Waals surface area (Å²) in [5.74, 6) is 1.85. The van der Waals surface area contributed by atoms with Crippen LogP contribution in [0.25, 0.3) is 21.7 Å². The van der Waals surface area contributed by atoms with Gasteiger partial charge in [0.15, 0.2) is 5.16 Å². The number of nitrogens with zero attached hydrogens (tertiary/aromatic N) is 3.